The molecule has 2 aliphatic rings. The fourth-order valence-corrected chi connectivity index (χ4v) is 4.69. The number of esters is 1. The molecule has 0 amide bonds. The maximum absolute atomic E-state index is 12.7. The van der Waals surface area contributed by atoms with E-state index in [2.05, 4.69) is 4.98 Å². The average Bonchev–Trinajstić information content (AvgIpc) is 3.26. The normalized spacial score (nSPS) is 22.6. The molecule has 2 heterocycles. The van der Waals surface area contributed by atoms with Crippen molar-refractivity contribution < 1.29 is 50.1 Å². The van der Waals surface area contributed by atoms with E-state index in [9.17, 15) is 30.8 Å². The average molecular weight is 499 g/mol. The van der Waals surface area contributed by atoms with Crippen LogP contribution in [-0.2, 0) is 24.3 Å². The number of hydrogen-bond donors (Lipinski definition) is 2. The summed E-state index contributed by atoms with van der Waals surface area (Å²) >= 11 is 0. The first-order chi connectivity index (χ1) is 15.4. The van der Waals surface area contributed by atoms with Gasteiger partial charge in [0.15, 0.2) is 0 Å². The molecule has 0 spiro atoms. The van der Waals surface area contributed by atoms with Gasteiger partial charge < -0.3 is 20.3 Å². The van der Waals surface area contributed by atoms with Crippen molar-refractivity contribution in [1.29, 1.82) is 0 Å². The molecule has 10 nitrogen and oxygen atoms in total. The third kappa shape index (κ3) is 6.39. The number of methoxy groups -OCH3 is 1. The quantitative estimate of drug-likeness (QED) is 0.413. The zero-order valence-electron chi connectivity index (χ0n) is 17.2. The number of hydrogen-bond acceptors (Lipinski definition) is 8. The maximum atomic E-state index is 12.7. The van der Waals surface area contributed by atoms with Crippen molar-refractivity contribution in [2.45, 2.75) is 11.1 Å². The number of rotatable bonds is 7. The molecule has 3 N–H and O–H groups in total. The number of carbonyl (C=O) groups excluding carboxylic acids is 1. The number of piperidine rings is 1. The summed E-state index contributed by atoms with van der Waals surface area (Å²) in [6.07, 6.45) is -3.51. The first kappa shape index (κ1) is 26.5. The number of fused-ring (bicyclic) bond motifs is 1. The minimum Gasteiger partial charge on any atom is -0.475 e. The zero-order valence-corrected chi connectivity index (χ0v) is 18.0. The first-order valence-electron chi connectivity index (χ1n) is 9.32. The molecule has 0 radical (unpaired) electrons. The lowest BCUT2D eigenvalue weighted by Gasteiger charge is -2.19. The zero-order chi connectivity index (χ0) is 25.0. The number of sulfonamides is 1. The number of carbonyl (C=O) groups is 2. The van der Waals surface area contributed by atoms with Gasteiger partial charge in [0.1, 0.15) is 11.5 Å². The van der Waals surface area contributed by atoms with Gasteiger partial charge >= 0.3 is 18.1 Å². The van der Waals surface area contributed by atoms with Crippen LogP contribution < -0.4 is 10.5 Å². The first-order valence-corrected chi connectivity index (χ1v) is 10.8. The Bertz CT molecular complexity index is 987. The number of aliphatic carboxylic acids is 1. The van der Waals surface area contributed by atoms with Crippen LogP contribution in [0, 0.1) is 17.8 Å². The van der Waals surface area contributed by atoms with E-state index in [1.807, 2.05) is 0 Å². The number of pyridine rings is 1. The van der Waals surface area contributed by atoms with E-state index in [1.165, 1.54) is 29.7 Å². The molecular formula is C18H21F4N3O7S. The fourth-order valence-electron chi connectivity index (χ4n) is 3.23. The van der Waals surface area contributed by atoms with Crippen LogP contribution in [0.5, 0.6) is 5.88 Å². The summed E-state index contributed by atoms with van der Waals surface area (Å²) in [5, 5.41) is 7.12. The molecule has 1 aromatic rings. The Kier molecular flexibility index (Phi) is 8.37. The number of carboxylic acid groups (broad SMARTS) is 1. The summed E-state index contributed by atoms with van der Waals surface area (Å²) in [6.45, 7) is 0.557. The molecule has 0 bridgehead atoms. The smallest absolute Gasteiger partial charge is 0.475 e. The number of halogens is 4. The molecule has 1 aromatic heterocycles. The Balaban J connectivity index is 0.000000479. The van der Waals surface area contributed by atoms with Crippen molar-refractivity contribution in [2.24, 2.45) is 23.5 Å². The van der Waals surface area contributed by atoms with Gasteiger partial charge in [-0.3, -0.25) is 4.79 Å². The highest BCUT2D eigenvalue weighted by Crippen LogP contribution is 2.53. The molecule has 0 unspecified atom stereocenters. The summed E-state index contributed by atoms with van der Waals surface area (Å²) in [6, 6.07) is 2.80. The second-order valence-corrected chi connectivity index (χ2v) is 9.03. The highest BCUT2D eigenvalue weighted by molar-refractivity contribution is 7.89. The molecule has 184 valence electrons. The third-order valence-electron chi connectivity index (χ3n) is 5.05. The van der Waals surface area contributed by atoms with E-state index >= 15 is 0 Å². The van der Waals surface area contributed by atoms with Crippen LogP contribution in [0.2, 0.25) is 0 Å². The number of nitrogens with zero attached hydrogens (tertiary/aromatic N) is 2. The monoisotopic (exact) mass is 499 g/mol. The van der Waals surface area contributed by atoms with Gasteiger partial charge in [-0.25, -0.2) is 22.6 Å². The van der Waals surface area contributed by atoms with Gasteiger partial charge in [0, 0.05) is 31.3 Å². The Morgan fingerprint density at radius 3 is 2.27 bits per heavy atom. The van der Waals surface area contributed by atoms with Crippen molar-refractivity contribution in [3.8, 4) is 5.88 Å². The minimum atomic E-state index is -5.08. The largest absolute Gasteiger partial charge is 0.490 e. The number of ether oxygens (including phenoxy) is 2. The lowest BCUT2D eigenvalue weighted by atomic mass is 10.3. The number of carboxylic acids is 1. The van der Waals surface area contributed by atoms with E-state index in [0.717, 1.165) is 0 Å². The van der Waals surface area contributed by atoms with Crippen LogP contribution in [0.4, 0.5) is 17.6 Å². The van der Waals surface area contributed by atoms with Gasteiger partial charge in [-0.2, -0.15) is 17.5 Å². The van der Waals surface area contributed by atoms with Crippen LogP contribution in [0.25, 0.3) is 0 Å². The van der Waals surface area contributed by atoms with Crippen molar-refractivity contribution >= 4 is 22.0 Å². The maximum Gasteiger partial charge on any atom is 0.490 e. The van der Waals surface area contributed by atoms with Crippen molar-refractivity contribution in [3.63, 3.8) is 0 Å². The van der Waals surface area contributed by atoms with Gasteiger partial charge in [-0.15, -0.1) is 0 Å². The standard InChI is InChI=1S/C16H20FN3O5S.C2HF3O2/c1-24-16(21)15-12-7-20(8-13(12)15)26(22,23)11-2-3-14(19-6-11)25-9-10(4-17)5-18;3-2(4,5)1(6)7/h2-4,6,12-13,15H,5,7-9,18H2,1H3;(H,6,7)/b10-4-;/t12-,13-;/m1./s1. The van der Waals surface area contributed by atoms with Crippen molar-refractivity contribution in [2.75, 3.05) is 33.4 Å². The highest BCUT2D eigenvalue weighted by atomic mass is 32.2. The van der Waals surface area contributed by atoms with E-state index < -0.39 is 22.2 Å². The molecule has 2 fully saturated rings. The fraction of sp³-hybridized carbons (Fsp3) is 0.500. The lowest BCUT2D eigenvalue weighted by Crippen LogP contribution is -2.32. The molecule has 1 aliphatic carbocycles. The minimum absolute atomic E-state index is 0.0207. The summed E-state index contributed by atoms with van der Waals surface area (Å²) in [4.78, 5) is 24.4. The molecule has 15 heteroatoms. The molecular weight excluding hydrogens is 478 g/mol. The number of alkyl halides is 3. The predicted octanol–water partition coefficient (Wildman–Crippen LogP) is 0.945. The van der Waals surface area contributed by atoms with E-state index in [0.29, 0.717) is 19.4 Å². The summed E-state index contributed by atoms with van der Waals surface area (Å²) < 4.78 is 80.8. The van der Waals surface area contributed by atoms with Crippen molar-refractivity contribution in [1.82, 2.24) is 9.29 Å². The SMILES string of the molecule is COC(=O)C1[C@@H]2CN(S(=O)(=O)c3ccc(OC/C(=C\F)CN)nc3)C[C@@H]12.O=C(O)C(F)(F)F. The van der Waals surface area contributed by atoms with Crippen LogP contribution in [-0.4, -0.2) is 74.3 Å². The van der Waals surface area contributed by atoms with E-state index in [1.54, 1.807) is 0 Å². The summed E-state index contributed by atoms with van der Waals surface area (Å²) in [5.74, 6) is -3.01. The number of nitrogens with two attached hydrogens (primary N) is 1. The van der Waals surface area contributed by atoms with Gasteiger partial charge in [-0.1, -0.05) is 0 Å². The van der Waals surface area contributed by atoms with E-state index in [4.69, 9.17) is 25.1 Å². The van der Waals surface area contributed by atoms with Crippen LogP contribution in [0.15, 0.2) is 35.1 Å². The topological polar surface area (TPSA) is 149 Å². The van der Waals surface area contributed by atoms with Gasteiger partial charge in [0.05, 0.1) is 25.6 Å². The molecule has 1 saturated carbocycles. The van der Waals surface area contributed by atoms with Crippen LogP contribution in [0.3, 0.4) is 0 Å². The summed E-state index contributed by atoms with van der Waals surface area (Å²) in [5.41, 5.74) is 5.59. The Hall–Kier alpha value is -2.78. The third-order valence-corrected chi connectivity index (χ3v) is 6.86. The van der Waals surface area contributed by atoms with E-state index in [-0.39, 0.29) is 53.2 Å². The Morgan fingerprint density at radius 2 is 1.88 bits per heavy atom. The second-order valence-electron chi connectivity index (χ2n) is 7.09. The second kappa shape index (κ2) is 10.4. The molecule has 3 rings (SSSR count). The van der Waals surface area contributed by atoms with Gasteiger partial charge in [-0.05, 0) is 17.9 Å². The molecule has 1 saturated heterocycles. The molecule has 0 aromatic carbocycles. The lowest BCUT2D eigenvalue weighted by molar-refractivity contribution is -0.192. The Morgan fingerprint density at radius 1 is 1.30 bits per heavy atom. The van der Waals surface area contributed by atoms with Gasteiger partial charge in [0.2, 0.25) is 15.9 Å². The van der Waals surface area contributed by atoms with Crippen molar-refractivity contribution in [3.05, 3.63) is 30.2 Å². The molecule has 33 heavy (non-hydrogen) atoms. The predicted molar refractivity (Wildman–Crippen MR) is 103 cm³/mol. The Labute approximate surface area is 186 Å². The highest BCUT2D eigenvalue weighted by Gasteiger charge is 2.62. The van der Waals surface area contributed by atoms with Gasteiger partial charge in [0.25, 0.3) is 0 Å². The van der Waals surface area contributed by atoms with Crippen LogP contribution in [0.1, 0.15) is 0 Å². The number of aromatic nitrogens is 1. The van der Waals surface area contributed by atoms with Crippen LogP contribution >= 0.6 is 0 Å². The molecule has 1 aliphatic heterocycles. The summed E-state index contributed by atoms with van der Waals surface area (Å²) in [7, 11) is -2.35. The molecule has 2 atom stereocenters.